The molecule has 40 heavy (non-hydrogen) atoms. The number of ether oxygens (including phenoxy) is 2. The lowest BCUT2D eigenvalue weighted by Gasteiger charge is -2.29. The highest BCUT2D eigenvalue weighted by Gasteiger charge is 2.45. The Balaban J connectivity index is 1.38. The summed E-state index contributed by atoms with van der Waals surface area (Å²) in [7, 11) is 0. The molecule has 1 atom stereocenters. The molecule has 0 aromatic heterocycles. The first-order valence-electron chi connectivity index (χ1n) is 13.5. The lowest BCUT2D eigenvalue weighted by Crippen LogP contribution is -2.38. The molecule has 0 saturated carbocycles. The molecule has 0 spiro atoms. The van der Waals surface area contributed by atoms with Gasteiger partial charge in [0.25, 0.3) is 11.7 Å². The third-order valence-corrected chi connectivity index (χ3v) is 8.21. The summed E-state index contributed by atoms with van der Waals surface area (Å²) in [6.45, 7) is 6.86. The molecule has 2 heterocycles. The largest absolute Gasteiger partial charge is 0.507 e. The Morgan fingerprint density at radius 3 is 2.38 bits per heavy atom. The van der Waals surface area contributed by atoms with E-state index in [1.54, 1.807) is 29.2 Å². The van der Waals surface area contributed by atoms with Crippen molar-refractivity contribution >= 4 is 40.0 Å². The highest BCUT2D eigenvalue weighted by atomic mass is 127. The van der Waals surface area contributed by atoms with Gasteiger partial charge in [0.05, 0.1) is 24.8 Å². The first-order chi connectivity index (χ1) is 19.4. The molecule has 0 bridgehead atoms. The summed E-state index contributed by atoms with van der Waals surface area (Å²) in [6, 6.07) is 22.1. The van der Waals surface area contributed by atoms with Crippen LogP contribution in [0.5, 0.6) is 5.75 Å². The Morgan fingerprint density at radius 2 is 1.68 bits per heavy atom. The maximum Gasteiger partial charge on any atom is 0.295 e. The monoisotopic (exact) mass is 652 g/mol. The number of hydrogen-bond acceptors (Lipinski definition) is 6. The van der Waals surface area contributed by atoms with Crippen LogP contribution in [-0.2, 0) is 20.9 Å². The van der Waals surface area contributed by atoms with E-state index in [-0.39, 0.29) is 11.3 Å². The number of aliphatic hydroxyl groups is 1. The van der Waals surface area contributed by atoms with Gasteiger partial charge in [-0.2, -0.15) is 0 Å². The highest BCUT2D eigenvalue weighted by Crippen LogP contribution is 2.39. The first kappa shape index (κ1) is 28.3. The molecule has 1 N–H and O–H groups in total. The second kappa shape index (κ2) is 13.0. The number of morpholine rings is 1. The average molecular weight is 653 g/mol. The second-order valence-electron chi connectivity index (χ2n) is 10.1. The van der Waals surface area contributed by atoms with Gasteiger partial charge in [-0.15, -0.1) is 0 Å². The van der Waals surface area contributed by atoms with Gasteiger partial charge in [-0.1, -0.05) is 36.4 Å². The maximum absolute atomic E-state index is 13.3. The van der Waals surface area contributed by atoms with Crippen molar-refractivity contribution in [3.63, 3.8) is 0 Å². The van der Waals surface area contributed by atoms with E-state index in [0.29, 0.717) is 37.7 Å². The van der Waals surface area contributed by atoms with Crippen LogP contribution in [0.4, 0.5) is 0 Å². The highest BCUT2D eigenvalue weighted by molar-refractivity contribution is 14.1. The van der Waals surface area contributed by atoms with E-state index in [1.807, 2.05) is 55.5 Å². The molecule has 7 nitrogen and oxygen atoms in total. The van der Waals surface area contributed by atoms with Crippen LogP contribution in [-0.4, -0.2) is 66.0 Å². The van der Waals surface area contributed by atoms with E-state index in [2.05, 4.69) is 27.5 Å². The van der Waals surface area contributed by atoms with E-state index in [4.69, 9.17) is 9.47 Å². The molecule has 3 aromatic rings. The van der Waals surface area contributed by atoms with E-state index in [0.717, 1.165) is 46.3 Å². The number of amides is 1. The third-order valence-electron chi connectivity index (χ3n) is 7.49. The van der Waals surface area contributed by atoms with E-state index >= 15 is 0 Å². The molecule has 2 aliphatic heterocycles. The minimum Gasteiger partial charge on any atom is -0.507 e. The number of benzene rings is 3. The van der Waals surface area contributed by atoms with Crippen LogP contribution < -0.4 is 4.74 Å². The number of Topliss-reactive ketones (excluding diaryl/α,β-unsaturated/α-hetero) is 1. The summed E-state index contributed by atoms with van der Waals surface area (Å²) in [6.07, 6.45) is 0.723. The van der Waals surface area contributed by atoms with E-state index in [9.17, 15) is 14.7 Å². The molecule has 2 saturated heterocycles. The van der Waals surface area contributed by atoms with Crippen LogP contribution >= 0.6 is 22.6 Å². The normalized spacial score (nSPS) is 19.2. The number of aryl methyl sites for hydroxylation is 1. The van der Waals surface area contributed by atoms with Crippen molar-refractivity contribution in [2.45, 2.75) is 26.0 Å². The number of rotatable bonds is 9. The topological polar surface area (TPSA) is 79.3 Å². The molecule has 2 aliphatic rings. The van der Waals surface area contributed by atoms with Crippen molar-refractivity contribution in [2.75, 3.05) is 39.4 Å². The van der Waals surface area contributed by atoms with Crippen LogP contribution in [0.15, 0.2) is 78.4 Å². The quantitative estimate of drug-likeness (QED) is 0.146. The molecule has 8 heteroatoms. The van der Waals surface area contributed by atoms with Crippen LogP contribution in [0.2, 0.25) is 0 Å². The van der Waals surface area contributed by atoms with E-state index in [1.165, 1.54) is 0 Å². The van der Waals surface area contributed by atoms with Crippen molar-refractivity contribution in [3.05, 3.63) is 104 Å². The lowest BCUT2D eigenvalue weighted by molar-refractivity contribution is -0.140. The van der Waals surface area contributed by atoms with Gasteiger partial charge >= 0.3 is 0 Å². The standard InChI is InChI=1S/C32H33IN2O5/c1-22-5-2-3-6-25(22)21-40-27-13-9-24(10-14-27)30(36)28-29(23-7-11-26(33)12-8-23)35(32(38)31(28)37)16-4-15-34-17-19-39-20-18-34/h2-3,5-14,29,36H,4,15-21H2,1H3/b30-28+. The lowest BCUT2D eigenvalue weighted by atomic mass is 9.95. The molecule has 208 valence electrons. The van der Waals surface area contributed by atoms with Gasteiger partial charge in [-0.25, -0.2) is 0 Å². The first-order valence-corrected chi connectivity index (χ1v) is 14.6. The molecule has 0 radical (unpaired) electrons. The zero-order valence-corrected chi connectivity index (χ0v) is 24.7. The Kier molecular flexibility index (Phi) is 9.18. The minimum atomic E-state index is -0.660. The fourth-order valence-corrected chi connectivity index (χ4v) is 5.55. The maximum atomic E-state index is 13.3. The summed E-state index contributed by atoms with van der Waals surface area (Å²) in [5.74, 6) is -0.766. The SMILES string of the molecule is Cc1ccccc1COc1ccc(/C(O)=C2\C(=O)C(=O)N(CCCN3CCOCC3)C2c2ccc(I)cc2)cc1. The van der Waals surface area contributed by atoms with Gasteiger partial charge < -0.3 is 19.5 Å². The van der Waals surface area contributed by atoms with Crippen LogP contribution in [0.1, 0.15) is 34.7 Å². The number of halogens is 1. The van der Waals surface area contributed by atoms with Crippen molar-refractivity contribution < 1.29 is 24.2 Å². The Hall–Kier alpha value is -3.21. The average Bonchev–Trinajstić information content (AvgIpc) is 3.23. The fraction of sp³-hybridized carbons (Fsp3) is 0.312. The number of likely N-dealkylation sites (tertiary alicyclic amines) is 1. The van der Waals surface area contributed by atoms with E-state index < -0.39 is 17.7 Å². The number of hydrogen-bond donors (Lipinski definition) is 1. The van der Waals surface area contributed by atoms with Gasteiger partial charge in [-0.3, -0.25) is 14.5 Å². The summed E-state index contributed by atoms with van der Waals surface area (Å²) in [4.78, 5) is 30.5. The van der Waals surface area contributed by atoms with Gasteiger partial charge in [0, 0.05) is 35.3 Å². The fourth-order valence-electron chi connectivity index (χ4n) is 5.19. The molecule has 5 rings (SSSR count). The number of aliphatic hydroxyl groups excluding tert-OH is 1. The van der Waals surface area contributed by atoms with Crippen molar-refractivity contribution in [1.29, 1.82) is 0 Å². The van der Waals surface area contributed by atoms with Crippen LogP contribution in [0.3, 0.4) is 0 Å². The second-order valence-corrected chi connectivity index (χ2v) is 11.3. The van der Waals surface area contributed by atoms with Gasteiger partial charge in [0.1, 0.15) is 18.1 Å². The number of carbonyl (C=O) groups excluding carboxylic acids is 2. The smallest absolute Gasteiger partial charge is 0.295 e. The van der Waals surface area contributed by atoms with Crippen molar-refractivity contribution in [2.24, 2.45) is 0 Å². The summed E-state index contributed by atoms with van der Waals surface area (Å²) >= 11 is 2.23. The predicted octanol–water partition coefficient (Wildman–Crippen LogP) is 5.32. The summed E-state index contributed by atoms with van der Waals surface area (Å²) < 4.78 is 12.4. The molecule has 1 amide bonds. The van der Waals surface area contributed by atoms with Gasteiger partial charge in [0.2, 0.25) is 0 Å². The Bertz CT molecular complexity index is 1380. The molecule has 2 fully saturated rings. The van der Waals surface area contributed by atoms with Crippen LogP contribution in [0, 0.1) is 10.5 Å². The molecular formula is C32H33IN2O5. The molecule has 0 aliphatic carbocycles. The third kappa shape index (κ3) is 6.40. The summed E-state index contributed by atoms with van der Waals surface area (Å²) in [5.41, 5.74) is 3.63. The Labute approximate surface area is 248 Å². The zero-order chi connectivity index (χ0) is 28.1. The van der Waals surface area contributed by atoms with Crippen molar-refractivity contribution in [3.8, 4) is 5.75 Å². The molecular weight excluding hydrogens is 619 g/mol. The Morgan fingerprint density at radius 1 is 0.975 bits per heavy atom. The van der Waals surface area contributed by atoms with Gasteiger partial charge in [-0.05, 0) is 89.0 Å². The molecule has 3 aromatic carbocycles. The summed E-state index contributed by atoms with van der Waals surface area (Å²) in [5, 5.41) is 11.4. The minimum absolute atomic E-state index is 0.117. The van der Waals surface area contributed by atoms with Crippen LogP contribution in [0.25, 0.3) is 5.76 Å². The number of carbonyl (C=O) groups is 2. The number of ketones is 1. The molecule has 1 unspecified atom stereocenters. The zero-order valence-electron chi connectivity index (χ0n) is 22.5. The van der Waals surface area contributed by atoms with Crippen molar-refractivity contribution in [1.82, 2.24) is 9.80 Å². The number of nitrogens with zero attached hydrogens (tertiary/aromatic N) is 2. The predicted molar refractivity (Wildman–Crippen MR) is 162 cm³/mol. The van der Waals surface area contributed by atoms with Gasteiger partial charge in [0.15, 0.2) is 0 Å².